The van der Waals surface area contributed by atoms with Gasteiger partial charge < -0.3 is 23.8 Å². The van der Waals surface area contributed by atoms with Gasteiger partial charge in [-0.2, -0.15) is 5.26 Å². The molecule has 0 radical (unpaired) electrons. The van der Waals surface area contributed by atoms with E-state index in [2.05, 4.69) is 9.97 Å². The summed E-state index contributed by atoms with van der Waals surface area (Å²) >= 11 is 0. The molecule has 1 aliphatic heterocycles. The molecular formula is C16H16N4O6. The quantitative estimate of drug-likeness (QED) is 0.773. The largest absolute Gasteiger partial charge is 0.463 e. The Bertz CT molecular complexity index is 956. The Labute approximate surface area is 147 Å². The van der Waals surface area contributed by atoms with Crippen molar-refractivity contribution in [2.75, 3.05) is 6.61 Å². The molecular weight excluding hydrogens is 344 g/mol. The number of ether oxygens (including phenoxy) is 3. The number of hydrogen-bond acceptors (Lipinski definition) is 8. The molecule has 3 unspecified atom stereocenters. The Balaban J connectivity index is 1.95. The predicted molar refractivity (Wildman–Crippen MR) is 85.8 cm³/mol. The topological polar surface area (TPSA) is 136 Å². The third-order valence-electron chi connectivity index (χ3n) is 3.99. The van der Waals surface area contributed by atoms with Gasteiger partial charge in [0.25, 0.3) is 5.56 Å². The molecule has 3 atom stereocenters. The van der Waals surface area contributed by atoms with E-state index in [1.807, 2.05) is 6.07 Å². The maximum Gasteiger partial charge on any atom is 0.303 e. The fraction of sp³-hybridized carbons (Fsp3) is 0.438. The molecule has 26 heavy (non-hydrogen) atoms. The van der Waals surface area contributed by atoms with Crippen LogP contribution in [0.5, 0.6) is 0 Å². The van der Waals surface area contributed by atoms with E-state index in [9.17, 15) is 19.6 Å². The van der Waals surface area contributed by atoms with Crippen LogP contribution in [0.25, 0.3) is 11.0 Å². The van der Waals surface area contributed by atoms with E-state index in [4.69, 9.17) is 14.2 Å². The molecule has 1 fully saturated rings. The molecule has 2 aromatic heterocycles. The molecule has 0 bridgehead atoms. The Hall–Kier alpha value is -3.19. The van der Waals surface area contributed by atoms with E-state index in [1.165, 1.54) is 26.4 Å². The van der Waals surface area contributed by atoms with Crippen molar-refractivity contribution in [3.63, 3.8) is 0 Å². The van der Waals surface area contributed by atoms with Gasteiger partial charge in [-0.1, -0.05) is 0 Å². The predicted octanol–water partition coefficient (Wildman–Crippen LogP) is 0.379. The van der Waals surface area contributed by atoms with Gasteiger partial charge >= 0.3 is 11.9 Å². The highest BCUT2D eigenvalue weighted by molar-refractivity contribution is 5.82. The van der Waals surface area contributed by atoms with Crippen molar-refractivity contribution in [3.8, 4) is 6.07 Å². The maximum absolute atomic E-state index is 12.0. The molecule has 0 saturated carbocycles. The molecule has 0 amide bonds. The fourth-order valence-corrected chi connectivity index (χ4v) is 2.96. The number of nitrogens with one attached hydrogen (secondary N) is 1. The van der Waals surface area contributed by atoms with Crippen molar-refractivity contribution in [1.29, 1.82) is 5.26 Å². The van der Waals surface area contributed by atoms with Crippen LogP contribution < -0.4 is 5.56 Å². The van der Waals surface area contributed by atoms with Gasteiger partial charge in [-0.05, 0) is 0 Å². The lowest BCUT2D eigenvalue weighted by Gasteiger charge is -2.17. The molecule has 10 nitrogen and oxygen atoms in total. The van der Waals surface area contributed by atoms with Crippen LogP contribution in [0.4, 0.5) is 0 Å². The zero-order valence-electron chi connectivity index (χ0n) is 14.1. The minimum atomic E-state index is -0.669. The van der Waals surface area contributed by atoms with E-state index in [0.29, 0.717) is 0 Å². The minimum absolute atomic E-state index is 0.0812. The number of carbonyl (C=O) groups excluding carboxylic acids is 2. The maximum atomic E-state index is 12.0. The highest BCUT2D eigenvalue weighted by Gasteiger charge is 2.40. The Morgan fingerprint density at radius 3 is 2.88 bits per heavy atom. The van der Waals surface area contributed by atoms with Crippen molar-refractivity contribution < 1.29 is 23.8 Å². The molecule has 1 N–H and O–H groups in total. The monoisotopic (exact) mass is 360 g/mol. The lowest BCUT2D eigenvalue weighted by Crippen LogP contribution is -2.31. The highest BCUT2D eigenvalue weighted by Crippen LogP contribution is 2.33. The number of nitriles is 1. The number of rotatable bonds is 4. The van der Waals surface area contributed by atoms with Gasteiger partial charge in [0.05, 0.1) is 11.9 Å². The third kappa shape index (κ3) is 3.29. The number of esters is 2. The number of aromatic amines is 1. The van der Waals surface area contributed by atoms with Crippen molar-refractivity contribution in [2.24, 2.45) is 0 Å². The zero-order chi connectivity index (χ0) is 18.8. The molecule has 0 spiro atoms. The molecule has 3 heterocycles. The van der Waals surface area contributed by atoms with Crippen LogP contribution in [0.15, 0.2) is 17.3 Å². The van der Waals surface area contributed by atoms with E-state index in [1.54, 1.807) is 4.57 Å². The number of carbonyl (C=O) groups is 2. The van der Waals surface area contributed by atoms with Gasteiger partial charge in [0.1, 0.15) is 36.5 Å². The van der Waals surface area contributed by atoms with E-state index in [-0.39, 0.29) is 29.6 Å². The van der Waals surface area contributed by atoms with Crippen molar-refractivity contribution in [3.05, 3.63) is 28.4 Å². The molecule has 1 saturated heterocycles. The summed E-state index contributed by atoms with van der Waals surface area (Å²) < 4.78 is 17.6. The summed E-state index contributed by atoms with van der Waals surface area (Å²) in [6.07, 6.45) is 1.01. The Morgan fingerprint density at radius 1 is 1.46 bits per heavy atom. The van der Waals surface area contributed by atoms with Crippen LogP contribution in [0.3, 0.4) is 0 Å². The normalized spacial score (nSPS) is 22.1. The first-order valence-corrected chi connectivity index (χ1v) is 7.85. The summed E-state index contributed by atoms with van der Waals surface area (Å²) in [5, 5.41) is 9.43. The van der Waals surface area contributed by atoms with Crippen LogP contribution in [-0.4, -0.2) is 45.3 Å². The van der Waals surface area contributed by atoms with E-state index >= 15 is 0 Å². The third-order valence-corrected chi connectivity index (χ3v) is 3.99. The second-order valence-corrected chi connectivity index (χ2v) is 5.81. The first-order chi connectivity index (χ1) is 12.4. The number of fused-ring (bicyclic) bond motifs is 1. The van der Waals surface area contributed by atoms with Crippen molar-refractivity contribution in [1.82, 2.24) is 14.5 Å². The lowest BCUT2D eigenvalue weighted by atomic mass is 10.2. The van der Waals surface area contributed by atoms with Crippen molar-refractivity contribution >= 4 is 23.0 Å². The van der Waals surface area contributed by atoms with Gasteiger partial charge in [0.2, 0.25) is 0 Å². The Morgan fingerprint density at radius 2 is 2.23 bits per heavy atom. The van der Waals surface area contributed by atoms with E-state index in [0.717, 1.165) is 0 Å². The summed E-state index contributed by atoms with van der Waals surface area (Å²) in [6, 6.07) is 1.96. The lowest BCUT2D eigenvalue weighted by molar-refractivity contribution is -0.155. The summed E-state index contributed by atoms with van der Waals surface area (Å²) in [5.74, 6) is -0.971. The molecule has 2 aromatic rings. The molecule has 3 rings (SSSR count). The van der Waals surface area contributed by atoms with Crippen LogP contribution in [0.1, 0.15) is 32.1 Å². The molecule has 0 aliphatic carbocycles. The van der Waals surface area contributed by atoms with Gasteiger partial charge in [0.15, 0.2) is 5.65 Å². The average Bonchev–Trinajstić information content (AvgIpc) is 3.14. The first-order valence-electron chi connectivity index (χ1n) is 7.85. The second kappa shape index (κ2) is 6.97. The van der Waals surface area contributed by atoms with Crippen LogP contribution in [0.2, 0.25) is 0 Å². The number of aromatic nitrogens is 3. The highest BCUT2D eigenvalue weighted by atomic mass is 16.6. The molecule has 0 aromatic carbocycles. The smallest absolute Gasteiger partial charge is 0.303 e. The number of nitrogens with zero attached hydrogens (tertiary/aromatic N) is 3. The zero-order valence-corrected chi connectivity index (χ0v) is 14.1. The molecule has 10 heteroatoms. The second-order valence-electron chi connectivity index (χ2n) is 5.81. The molecule has 1 aliphatic rings. The van der Waals surface area contributed by atoms with E-state index < -0.39 is 35.9 Å². The minimum Gasteiger partial charge on any atom is -0.463 e. The SMILES string of the molecule is CC(=O)OCC1OC(n2cc(C#N)c3c(=O)[nH]cnc32)CC1OC(C)=O. The first kappa shape index (κ1) is 17.6. The average molecular weight is 360 g/mol. The van der Waals surface area contributed by atoms with Gasteiger partial charge in [-0.3, -0.25) is 14.4 Å². The Kier molecular flexibility index (Phi) is 4.73. The number of H-pyrrole nitrogens is 1. The van der Waals surface area contributed by atoms with Gasteiger partial charge in [0, 0.05) is 26.5 Å². The summed E-state index contributed by atoms with van der Waals surface area (Å²) in [6.45, 7) is 2.46. The summed E-state index contributed by atoms with van der Waals surface area (Å²) in [4.78, 5) is 41.0. The fourth-order valence-electron chi connectivity index (χ4n) is 2.96. The summed E-state index contributed by atoms with van der Waals surface area (Å²) in [5.41, 5.74) is 0.00623. The van der Waals surface area contributed by atoms with Crippen LogP contribution in [0, 0.1) is 11.3 Å². The number of hydrogen-bond donors (Lipinski definition) is 1. The van der Waals surface area contributed by atoms with Crippen molar-refractivity contribution in [2.45, 2.75) is 38.7 Å². The molecule has 136 valence electrons. The van der Waals surface area contributed by atoms with Crippen LogP contribution in [-0.2, 0) is 23.8 Å². The van der Waals surface area contributed by atoms with Gasteiger partial charge in [-0.25, -0.2) is 4.98 Å². The standard InChI is InChI=1S/C16H16N4O6/c1-8(21)24-6-12-11(25-9(2)22)3-13(26-12)20-5-10(4-17)14-15(20)18-7-19-16(14)23/h5,7,11-13H,3,6H2,1-2H3,(H,18,19,23). The van der Waals surface area contributed by atoms with Crippen LogP contribution >= 0.6 is 0 Å². The van der Waals surface area contributed by atoms with Gasteiger partial charge in [-0.15, -0.1) is 0 Å². The summed E-state index contributed by atoms with van der Waals surface area (Å²) in [7, 11) is 0.